The lowest BCUT2D eigenvalue weighted by Gasteiger charge is -2.32. The number of carbonyl (C=O) groups is 2. The first-order valence-electron chi connectivity index (χ1n) is 7.17. The Balaban J connectivity index is 1.95. The third-order valence-electron chi connectivity index (χ3n) is 3.33. The lowest BCUT2D eigenvalue weighted by atomic mass is 10.1. The molecule has 0 saturated carbocycles. The van der Waals surface area contributed by atoms with Crippen LogP contribution in [0.1, 0.15) is 16.8 Å². The minimum Gasteiger partial charge on any atom is -0.484 e. The number of carbonyl (C=O) groups excluding carboxylic acids is 1. The maximum Gasteiger partial charge on any atom is 0.422 e. The van der Waals surface area contributed by atoms with Crippen molar-refractivity contribution in [2.75, 3.05) is 26.3 Å². The quantitative estimate of drug-likeness (QED) is 0.881. The maximum atomic E-state index is 12.4. The van der Waals surface area contributed by atoms with Gasteiger partial charge in [-0.25, -0.2) is 0 Å². The van der Waals surface area contributed by atoms with E-state index >= 15 is 0 Å². The highest BCUT2D eigenvalue weighted by molar-refractivity contribution is 5.94. The number of alkyl halides is 3. The van der Waals surface area contributed by atoms with E-state index < -0.39 is 24.9 Å². The van der Waals surface area contributed by atoms with Crippen molar-refractivity contribution < 1.29 is 37.3 Å². The number of morpholine rings is 1. The van der Waals surface area contributed by atoms with Gasteiger partial charge < -0.3 is 19.5 Å². The largest absolute Gasteiger partial charge is 0.484 e. The summed E-state index contributed by atoms with van der Waals surface area (Å²) in [7, 11) is 0. The van der Waals surface area contributed by atoms with Gasteiger partial charge in [-0.05, 0) is 24.3 Å². The molecule has 1 N–H and O–H groups in total. The number of benzene rings is 1. The Labute approximate surface area is 135 Å². The third-order valence-corrected chi connectivity index (χ3v) is 3.33. The molecule has 0 aromatic heterocycles. The number of carboxylic acids is 1. The first kappa shape index (κ1) is 18.1. The molecule has 1 saturated heterocycles. The SMILES string of the molecule is O=C(O)CC1CN(C(=O)c2ccc(OCC(F)(F)F)cc2)CCO1. The van der Waals surface area contributed by atoms with Crippen LogP contribution < -0.4 is 4.74 Å². The lowest BCUT2D eigenvalue weighted by Crippen LogP contribution is -2.46. The van der Waals surface area contributed by atoms with Crippen LogP contribution in [0.2, 0.25) is 0 Å². The highest BCUT2D eigenvalue weighted by Gasteiger charge is 2.29. The van der Waals surface area contributed by atoms with Crippen LogP contribution in [0.4, 0.5) is 13.2 Å². The summed E-state index contributed by atoms with van der Waals surface area (Å²) in [6, 6.07) is 5.31. The zero-order valence-electron chi connectivity index (χ0n) is 12.6. The zero-order valence-corrected chi connectivity index (χ0v) is 12.6. The second-order valence-electron chi connectivity index (χ2n) is 5.27. The van der Waals surface area contributed by atoms with Gasteiger partial charge >= 0.3 is 12.1 Å². The molecule has 1 heterocycles. The fourth-order valence-corrected chi connectivity index (χ4v) is 2.26. The van der Waals surface area contributed by atoms with E-state index in [0.29, 0.717) is 6.54 Å². The van der Waals surface area contributed by atoms with Crippen LogP contribution >= 0.6 is 0 Å². The molecule has 2 rings (SSSR count). The number of aliphatic carboxylic acids is 1. The first-order chi connectivity index (χ1) is 11.2. The van der Waals surface area contributed by atoms with E-state index in [1.54, 1.807) is 0 Å². The summed E-state index contributed by atoms with van der Waals surface area (Å²) < 4.78 is 46.1. The summed E-state index contributed by atoms with van der Waals surface area (Å²) in [5.74, 6) is -1.34. The summed E-state index contributed by atoms with van der Waals surface area (Å²) in [6.45, 7) is -0.699. The van der Waals surface area contributed by atoms with Gasteiger partial charge in [0.05, 0.1) is 19.1 Å². The van der Waals surface area contributed by atoms with Crippen molar-refractivity contribution in [2.24, 2.45) is 0 Å². The van der Waals surface area contributed by atoms with Crippen LogP contribution in [-0.2, 0) is 9.53 Å². The number of amides is 1. The van der Waals surface area contributed by atoms with Crippen LogP contribution in [0.3, 0.4) is 0 Å². The van der Waals surface area contributed by atoms with Crippen molar-refractivity contribution in [1.82, 2.24) is 4.90 Å². The molecule has 1 unspecified atom stereocenters. The van der Waals surface area contributed by atoms with Crippen LogP contribution in [0.25, 0.3) is 0 Å². The normalized spacial score (nSPS) is 18.3. The van der Waals surface area contributed by atoms with Gasteiger partial charge in [0, 0.05) is 18.7 Å². The molecule has 1 fully saturated rings. The number of hydrogen-bond acceptors (Lipinski definition) is 4. The molecule has 0 radical (unpaired) electrons. The second kappa shape index (κ2) is 7.52. The van der Waals surface area contributed by atoms with Crippen LogP contribution in [0.15, 0.2) is 24.3 Å². The molecule has 1 aliphatic rings. The van der Waals surface area contributed by atoms with Crippen molar-refractivity contribution in [2.45, 2.75) is 18.7 Å². The number of nitrogens with zero attached hydrogens (tertiary/aromatic N) is 1. The van der Waals surface area contributed by atoms with Crippen molar-refractivity contribution >= 4 is 11.9 Å². The fourth-order valence-electron chi connectivity index (χ4n) is 2.26. The molecule has 1 amide bonds. The Morgan fingerprint density at radius 1 is 1.29 bits per heavy atom. The Morgan fingerprint density at radius 2 is 1.96 bits per heavy atom. The van der Waals surface area contributed by atoms with E-state index in [4.69, 9.17) is 9.84 Å². The molecule has 6 nitrogen and oxygen atoms in total. The van der Waals surface area contributed by atoms with Gasteiger partial charge in [0.15, 0.2) is 6.61 Å². The first-order valence-corrected chi connectivity index (χ1v) is 7.17. The highest BCUT2D eigenvalue weighted by atomic mass is 19.4. The molecule has 0 spiro atoms. The van der Waals surface area contributed by atoms with Gasteiger partial charge in [0.25, 0.3) is 5.91 Å². The van der Waals surface area contributed by atoms with E-state index in [2.05, 4.69) is 4.74 Å². The molecule has 0 bridgehead atoms. The average Bonchev–Trinajstić information content (AvgIpc) is 2.52. The third kappa shape index (κ3) is 5.41. The van der Waals surface area contributed by atoms with E-state index in [9.17, 15) is 22.8 Å². The molecule has 24 heavy (non-hydrogen) atoms. The summed E-state index contributed by atoms with van der Waals surface area (Å²) in [4.78, 5) is 24.5. The molecule has 1 aromatic rings. The van der Waals surface area contributed by atoms with E-state index in [1.807, 2.05) is 0 Å². The Morgan fingerprint density at radius 3 is 2.54 bits per heavy atom. The van der Waals surface area contributed by atoms with Gasteiger partial charge in [-0.2, -0.15) is 13.2 Å². The van der Waals surface area contributed by atoms with Gasteiger partial charge in [0.1, 0.15) is 5.75 Å². The topological polar surface area (TPSA) is 76.1 Å². The Kier molecular flexibility index (Phi) is 5.66. The summed E-state index contributed by atoms with van der Waals surface area (Å²) in [6.07, 6.45) is -5.20. The number of rotatable bonds is 5. The Hall–Kier alpha value is -2.29. The zero-order chi connectivity index (χ0) is 17.7. The molecule has 9 heteroatoms. The van der Waals surface area contributed by atoms with E-state index in [-0.39, 0.29) is 36.8 Å². The molecular formula is C15H16F3NO5. The second-order valence-corrected chi connectivity index (χ2v) is 5.27. The smallest absolute Gasteiger partial charge is 0.422 e. The number of ether oxygens (including phenoxy) is 2. The maximum absolute atomic E-state index is 12.4. The van der Waals surface area contributed by atoms with Crippen molar-refractivity contribution in [3.05, 3.63) is 29.8 Å². The summed E-state index contributed by atoms with van der Waals surface area (Å²) in [5, 5.41) is 8.77. The minimum absolute atomic E-state index is 0.00889. The molecular weight excluding hydrogens is 331 g/mol. The average molecular weight is 347 g/mol. The highest BCUT2D eigenvalue weighted by Crippen LogP contribution is 2.20. The monoisotopic (exact) mass is 347 g/mol. The van der Waals surface area contributed by atoms with Crippen LogP contribution in [0.5, 0.6) is 5.75 Å². The molecule has 132 valence electrons. The number of hydrogen-bond donors (Lipinski definition) is 1. The number of halogens is 3. The van der Waals surface area contributed by atoms with Crippen molar-refractivity contribution in [3.8, 4) is 5.75 Å². The van der Waals surface area contributed by atoms with Gasteiger partial charge in [-0.3, -0.25) is 9.59 Å². The molecule has 1 aliphatic heterocycles. The van der Waals surface area contributed by atoms with Gasteiger partial charge in [-0.1, -0.05) is 0 Å². The molecule has 0 aliphatic carbocycles. The minimum atomic E-state index is -4.43. The van der Waals surface area contributed by atoms with Crippen molar-refractivity contribution in [3.63, 3.8) is 0 Å². The van der Waals surface area contributed by atoms with Gasteiger partial charge in [-0.15, -0.1) is 0 Å². The van der Waals surface area contributed by atoms with E-state index in [1.165, 1.54) is 29.2 Å². The summed E-state index contributed by atoms with van der Waals surface area (Å²) in [5.41, 5.74) is 0.283. The molecule has 1 aromatic carbocycles. The van der Waals surface area contributed by atoms with Gasteiger partial charge in [0.2, 0.25) is 0 Å². The Bertz CT molecular complexity index is 588. The summed E-state index contributed by atoms with van der Waals surface area (Å²) >= 11 is 0. The predicted octanol–water partition coefficient (Wildman–Crippen LogP) is 1.94. The van der Waals surface area contributed by atoms with Crippen LogP contribution in [0, 0.1) is 0 Å². The van der Waals surface area contributed by atoms with Crippen LogP contribution in [-0.4, -0.2) is 60.5 Å². The fraction of sp³-hybridized carbons (Fsp3) is 0.467. The van der Waals surface area contributed by atoms with Crippen molar-refractivity contribution in [1.29, 1.82) is 0 Å². The molecule has 1 atom stereocenters. The standard InChI is InChI=1S/C15H16F3NO5/c16-15(17,18)9-24-11-3-1-10(2-4-11)14(22)19-5-6-23-12(8-19)7-13(20)21/h1-4,12H,5-9H2,(H,20,21). The number of carboxylic acid groups (broad SMARTS) is 1. The van der Waals surface area contributed by atoms with E-state index in [0.717, 1.165) is 0 Å². The lowest BCUT2D eigenvalue weighted by molar-refractivity contribution is -0.153. The predicted molar refractivity (Wildman–Crippen MR) is 75.9 cm³/mol.